The number of aromatic nitrogens is 2. The van der Waals surface area contributed by atoms with E-state index in [1.807, 2.05) is 23.9 Å². The van der Waals surface area contributed by atoms with Gasteiger partial charge >= 0.3 is 0 Å². The highest BCUT2D eigenvalue weighted by Gasteiger charge is 2.17. The normalized spacial score (nSPS) is 17.9. The molecule has 100 valence electrons. The Kier molecular flexibility index (Phi) is 4.36. The Morgan fingerprint density at radius 3 is 3.00 bits per heavy atom. The van der Waals surface area contributed by atoms with Crippen LogP contribution in [0.1, 0.15) is 50.8 Å². The zero-order chi connectivity index (χ0) is 13.0. The molecule has 18 heavy (non-hydrogen) atoms. The minimum absolute atomic E-state index is 0.0135. The van der Waals surface area contributed by atoms with Crippen LogP contribution in [-0.4, -0.2) is 21.7 Å². The summed E-state index contributed by atoms with van der Waals surface area (Å²) in [6.07, 6.45) is 7.42. The summed E-state index contributed by atoms with van der Waals surface area (Å²) >= 11 is 0. The highest BCUT2D eigenvalue weighted by atomic mass is 16.1. The highest BCUT2D eigenvalue weighted by molar-refractivity contribution is 5.76. The molecule has 0 saturated heterocycles. The first-order chi connectivity index (χ1) is 8.65. The van der Waals surface area contributed by atoms with Crippen molar-refractivity contribution in [2.75, 3.05) is 0 Å². The van der Waals surface area contributed by atoms with Gasteiger partial charge in [0.15, 0.2) is 0 Å². The number of nitrogens with two attached hydrogens (primary N) is 1. The molecule has 0 radical (unpaired) electrons. The molecule has 3 N–H and O–H groups in total. The zero-order valence-corrected chi connectivity index (χ0v) is 10.9. The Balaban J connectivity index is 1.81. The van der Waals surface area contributed by atoms with E-state index in [2.05, 4.69) is 10.4 Å². The second-order valence-electron chi connectivity index (χ2n) is 5.18. The van der Waals surface area contributed by atoms with E-state index in [-0.39, 0.29) is 11.9 Å². The minimum Gasteiger partial charge on any atom is -0.350 e. The summed E-state index contributed by atoms with van der Waals surface area (Å²) in [5.41, 5.74) is 6.49. The average Bonchev–Trinajstić information content (AvgIpc) is 2.96. The van der Waals surface area contributed by atoms with E-state index >= 15 is 0 Å². The third kappa shape index (κ3) is 3.57. The molecule has 1 saturated carbocycles. The molecule has 1 atom stereocenters. The second-order valence-corrected chi connectivity index (χ2v) is 5.18. The second kappa shape index (κ2) is 6.00. The van der Waals surface area contributed by atoms with Gasteiger partial charge < -0.3 is 11.1 Å². The van der Waals surface area contributed by atoms with Crippen LogP contribution in [0.25, 0.3) is 0 Å². The molecule has 1 aliphatic carbocycles. The van der Waals surface area contributed by atoms with Crippen molar-refractivity contribution >= 4 is 5.91 Å². The van der Waals surface area contributed by atoms with E-state index in [9.17, 15) is 4.79 Å². The van der Waals surface area contributed by atoms with Gasteiger partial charge in [-0.25, -0.2) is 0 Å². The SMILES string of the molecule is CC(N)CC(=O)NCc1ccn(C2CCCC2)n1. The van der Waals surface area contributed by atoms with Gasteiger partial charge in [-0.1, -0.05) is 12.8 Å². The molecule has 0 aromatic carbocycles. The van der Waals surface area contributed by atoms with E-state index < -0.39 is 0 Å². The van der Waals surface area contributed by atoms with Crippen LogP contribution in [0.15, 0.2) is 12.3 Å². The van der Waals surface area contributed by atoms with Gasteiger partial charge in [-0.15, -0.1) is 0 Å². The van der Waals surface area contributed by atoms with E-state index in [4.69, 9.17) is 5.73 Å². The third-order valence-electron chi connectivity index (χ3n) is 3.34. The maximum atomic E-state index is 11.5. The summed E-state index contributed by atoms with van der Waals surface area (Å²) in [5, 5.41) is 7.35. The lowest BCUT2D eigenvalue weighted by Crippen LogP contribution is -2.29. The van der Waals surface area contributed by atoms with Crippen LogP contribution in [0.3, 0.4) is 0 Å². The van der Waals surface area contributed by atoms with Crippen LogP contribution in [0.4, 0.5) is 0 Å². The van der Waals surface area contributed by atoms with Crippen molar-refractivity contribution in [1.29, 1.82) is 0 Å². The molecule has 1 unspecified atom stereocenters. The summed E-state index contributed by atoms with van der Waals surface area (Å²) in [5.74, 6) is -0.0135. The molecule has 1 aliphatic rings. The first kappa shape index (κ1) is 13.1. The predicted molar refractivity (Wildman–Crippen MR) is 69.8 cm³/mol. The van der Waals surface area contributed by atoms with Crippen molar-refractivity contribution in [3.05, 3.63) is 18.0 Å². The fourth-order valence-corrected chi connectivity index (χ4v) is 2.40. The van der Waals surface area contributed by atoms with Crippen LogP contribution < -0.4 is 11.1 Å². The zero-order valence-electron chi connectivity index (χ0n) is 10.9. The van der Waals surface area contributed by atoms with Crippen LogP contribution in [-0.2, 0) is 11.3 Å². The van der Waals surface area contributed by atoms with Crippen LogP contribution in [0.5, 0.6) is 0 Å². The fourth-order valence-electron chi connectivity index (χ4n) is 2.40. The molecule has 5 nitrogen and oxygen atoms in total. The molecular formula is C13H22N4O. The Labute approximate surface area is 108 Å². The predicted octanol–water partition coefficient (Wildman–Crippen LogP) is 1.35. The molecule has 5 heteroatoms. The van der Waals surface area contributed by atoms with E-state index in [0.717, 1.165) is 5.69 Å². The first-order valence-corrected chi connectivity index (χ1v) is 6.71. The van der Waals surface area contributed by atoms with Gasteiger partial charge in [0, 0.05) is 18.7 Å². The quantitative estimate of drug-likeness (QED) is 0.828. The number of rotatable bonds is 5. The molecule has 1 heterocycles. The number of amides is 1. The number of nitrogens with one attached hydrogen (secondary N) is 1. The van der Waals surface area contributed by atoms with Gasteiger partial charge in [0.1, 0.15) is 0 Å². The molecule has 2 rings (SSSR count). The molecule has 1 aromatic rings. The van der Waals surface area contributed by atoms with Crippen LogP contribution in [0.2, 0.25) is 0 Å². The lowest BCUT2D eigenvalue weighted by molar-refractivity contribution is -0.121. The Morgan fingerprint density at radius 2 is 2.33 bits per heavy atom. The number of carbonyl (C=O) groups excluding carboxylic acids is 1. The molecule has 0 bridgehead atoms. The summed E-state index contributed by atoms with van der Waals surface area (Å²) in [7, 11) is 0. The van der Waals surface area contributed by atoms with Gasteiger partial charge in [0.25, 0.3) is 0 Å². The van der Waals surface area contributed by atoms with E-state index in [1.54, 1.807) is 0 Å². The molecule has 0 aliphatic heterocycles. The Hall–Kier alpha value is -1.36. The largest absolute Gasteiger partial charge is 0.350 e. The van der Waals surface area contributed by atoms with Gasteiger partial charge in [0.2, 0.25) is 5.91 Å². The van der Waals surface area contributed by atoms with Gasteiger partial charge in [-0.2, -0.15) is 5.10 Å². The Morgan fingerprint density at radius 1 is 1.61 bits per heavy atom. The highest BCUT2D eigenvalue weighted by Crippen LogP contribution is 2.28. The first-order valence-electron chi connectivity index (χ1n) is 6.71. The number of carbonyl (C=O) groups is 1. The van der Waals surface area contributed by atoms with Gasteiger partial charge in [-0.3, -0.25) is 9.48 Å². The average molecular weight is 250 g/mol. The number of nitrogens with zero attached hydrogens (tertiary/aromatic N) is 2. The maximum Gasteiger partial charge on any atom is 0.221 e. The summed E-state index contributed by atoms with van der Waals surface area (Å²) in [6.45, 7) is 2.32. The van der Waals surface area contributed by atoms with Gasteiger partial charge in [-0.05, 0) is 25.8 Å². The number of hydrogen-bond acceptors (Lipinski definition) is 3. The lowest BCUT2D eigenvalue weighted by Gasteiger charge is -2.09. The lowest BCUT2D eigenvalue weighted by atomic mass is 10.2. The standard InChI is InChI=1S/C13H22N4O/c1-10(14)8-13(18)15-9-11-6-7-17(16-11)12-4-2-3-5-12/h6-7,10,12H,2-5,8-9,14H2,1H3,(H,15,18). The number of hydrogen-bond donors (Lipinski definition) is 2. The molecule has 1 fully saturated rings. The smallest absolute Gasteiger partial charge is 0.221 e. The monoisotopic (exact) mass is 250 g/mol. The molecule has 1 aromatic heterocycles. The summed E-state index contributed by atoms with van der Waals surface area (Å²) in [4.78, 5) is 11.5. The summed E-state index contributed by atoms with van der Waals surface area (Å²) < 4.78 is 2.04. The third-order valence-corrected chi connectivity index (χ3v) is 3.34. The van der Waals surface area contributed by atoms with Crippen molar-refractivity contribution in [1.82, 2.24) is 15.1 Å². The van der Waals surface area contributed by atoms with Crippen LogP contribution >= 0.6 is 0 Å². The molecule has 1 amide bonds. The minimum atomic E-state index is -0.0963. The maximum absolute atomic E-state index is 11.5. The van der Waals surface area contributed by atoms with E-state index in [1.165, 1.54) is 25.7 Å². The van der Waals surface area contributed by atoms with E-state index in [0.29, 0.717) is 19.0 Å². The summed E-state index contributed by atoms with van der Waals surface area (Å²) in [6, 6.07) is 2.43. The Bertz CT molecular complexity index is 393. The molecular weight excluding hydrogens is 228 g/mol. The van der Waals surface area contributed by atoms with Crippen LogP contribution in [0, 0.1) is 0 Å². The van der Waals surface area contributed by atoms with Crippen molar-refractivity contribution in [2.24, 2.45) is 5.73 Å². The van der Waals surface area contributed by atoms with Crippen molar-refractivity contribution < 1.29 is 4.79 Å². The van der Waals surface area contributed by atoms with Gasteiger partial charge in [0.05, 0.1) is 18.3 Å². The topological polar surface area (TPSA) is 72.9 Å². The van der Waals surface area contributed by atoms with Crippen molar-refractivity contribution in [2.45, 2.75) is 57.7 Å². The van der Waals surface area contributed by atoms with Crippen molar-refractivity contribution in [3.8, 4) is 0 Å². The van der Waals surface area contributed by atoms with Crippen molar-refractivity contribution in [3.63, 3.8) is 0 Å². The molecule has 0 spiro atoms. The fraction of sp³-hybridized carbons (Fsp3) is 0.692.